The summed E-state index contributed by atoms with van der Waals surface area (Å²) in [5.74, 6) is -0.919. The molecule has 1 N–H and O–H groups in total. The van der Waals surface area contributed by atoms with Crippen molar-refractivity contribution in [3.05, 3.63) is 107 Å². The molecular formula is C26H21N3O2. The molecule has 0 radical (unpaired) electrons. The van der Waals surface area contributed by atoms with Crippen LogP contribution in [0.25, 0.3) is 22.6 Å². The first kappa shape index (κ1) is 19.2. The van der Waals surface area contributed by atoms with Gasteiger partial charge in [-0.05, 0) is 34.9 Å². The molecule has 0 saturated heterocycles. The summed E-state index contributed by atoms with van der Waals surface area (Å²) in [6.45, 7) is 1.95. The van der Waals surface area contributed by atoms with Crippen molar-refractivity contribution in [2.75, 3.05) is 6.54 Å². The number of benzene rings is 2. The maximum Gasteiger partial charge on any atom is 0.336 e. The van der Waals surface area contributed by atoms with Gasteiger partial charge < -0.3 is 5.11 Å². The molecule has 152 valence electrons. The van der Waals surface area contributed by atoms with Gasteiger partial charge in [0.1, 0.15) is 0 Å². The van der Waals surface area contributed by atoms with Crippen LogP contribution in [0.2, 0.25) is 0 Å². The van der Waals surface area contributed by atoms with Crippen LogP contribution in [0, 0.1) is 0 Å². The third-order valence-corrected chi connectivity index (χ3v) is 5.56. The van der Waals surface area contributed by atoms with Gasteiger partial charge in [-0.2, -0.15) is 0 Å². The number of rotatable bonds is 4. The minimum atomic E-state index is -0.919. The molecule has 5 rings (SSSR count). The highest BCUT2D eigenvalue weighted by molar-refractivity contribution is 6.06. The Balaban J connectivity index is 1.69. The molecule has 0 spiro atoms. The lowest BCUT2D eigenvalue weighted by Gasteiger charge is -2.31. The van der Waals surface area contributed by atoms with Gasteiger partial charge in [-0.25, -0.2) is 9.78 Å². The predicted octanol–water partition coefficient (Wildman–Crippen LogP) is 4.88. The molecule has 0 bridgehead atoms. The molecule has 0 aliphatic carbocycles. The lowest BCUT2D eigenvalue weighted by Crippen LogP contribution is -2.31. The largest absolute Gasteiger partial charge is 0.478 e. The average molecular weight is 407 g/mol. The molecule has 3 heterocycles. The van der Waals surface area contributed by atoms with Crippen molar-refractivity contribution in [2.45, 2.75) is 13.1 Å². The fourth-order valence-corrected chi connectivity index (χ4v) is 4.24. The number of nitrogens with zero attached hydrogens (tertiary/aromatic N) is 3. The highest BCUT2D eigenvalue weighted by Gasteiger charge is 2.28. The summed E-state index contributed by atoms with van der Waals surface area (Å²) < 4.78 is 0. The lowest BCUT2D eigenvalue weighted by atomic mass is 9.92. The maximum absolute atomic E-state index is 12.3. The fourth-order valence-electron chi connectivity index (χ4n) is 4.24. The van der Waals surface area contributed by atoms with Crippen molar-refractivity contribution in [1.82, 2.24) is 14.9 Å². The summed E-state index contributed by atoms with van der Waals surface area (Å²) in [6.07, 6.45) is 5.62. The Bertz CT molecular complexity index is 1280. The van der Waals surface area contributed by atoms with Crippen molar-refractivity contribution in [1.29, 1.82) is 0 Å². The number of pyridine rings is 2. The van der Waals surface area contributed by atoms with Crippen molar-refractivity contribution in [3.63, 3.8) is 0 Å². The molecule has 5 heteroatoms. The number of fused-ring (bicyclic) bond motifs is 2. The summed E-state index contributed by atoms with van der Waals surface area (Å²) in [5.41, 5.74) is 5.74. The zero-order valence-corrected chi connectivity index (χ0v) is 16.9. The van der Waals surface area contributed by atoms with E-state index in [0.29, 0.717) is 29.6 Å². The topological polar surface area (TPSA) is 66.3 Å². The number of hydrogen-bond donors (Lipinski definition) is 1. The molecule has 1 aliphatic heterocycles. The Hall–Kier alpha value is -3.83. The number of carboxylic acid groups (broad SMARTS) is 1. The number of carbonyl (C=O) groups is 1. The smallest absolute Gasteiger partial charge is 0.336 e. The van der Waals surface area contributed by atoms with E-state index in [-0.39, 0.29) is 0 Å². The van der Waals surface area contributed by atoms with E-state index in [2.05, 4.69) is 28.1 Å². The van der Waals surface area contributed by atoms with Gasteiger partial charge in [0.25, 0.3) is 0 Å². The number of aromatic nitrogens is 2. The zero-order valence-electron chi connectivity index (χ0n) is 16.9. The monoisotopic (exact) mass is 407 g/mol. The van der Waals surface area contributed by atoms with Crippen LogP contribution < -0.4 is 0 Å². The standard InChI is InChI=1S/C26H21N3O2/c30-26(31)24-21-10-4-5-11-23(21)28-25-20(13-19-9-6-12-27-14-19)16-29(17-22(24)25)15-18-7-2-1-3-8-18/h1-14H,15-17H2,(H,30,31)/b20-13-. The van der Waals surface area contributed by atoms with E-state index < -0.39 is 5.97 Å². The average Bonchev–Trinajstić information content (AvgIpc) is 2.79. The van der Waals surface area contributed by atoms with Gasteiger partial charge in [-0.15, -0.1) is 0 Å². The molecule has 0 fully saturated rings. The lowest BCUT2D eigenvalue weighted by molar-refractivity contribution is 0.0696. The molecule has 31 heavy (non-hydrogen) atoms. The summed E-state index contributed by atoms with van der Waals surface area (Å²) in [7, 11) is 0. The normalized spacial score (nSPS) is 15.2. The highest BCUT2D eigenvalue weighted by Crippen LogP contribution is 2.34. The van der Waals surface area contributed by atoms with Crippen molar-refractivity contribution in [3.8, 4) is 0 Å². The van der Waals surface area contributed by atoms with E-state index >= 15 is 0 Å². The van der Waals surface area contributed by atoms with Crippen LogP contribution in [0.5, 0.6) is 0 Å². The SMILES string of the molecule is O=C(O)c1c2c(nc3ccccc13)/C(=C\c1cccnc1)CN(Cc1ccccc1)C2. The van der Waals surface area contributed by atoms with E-state index in [1.807, 2.05) is 60.8 Å². The van der Waals surface area contributed by atoms with Gasteiger partial charge in [-0.3, -0.25) is 9.88 Å². The van der Waals surface area contributed by atoms with Crippen LogP contribution in [0.3, 0.4) is 0 Å². The number of aromatic carboxylic acids is 1. The van der Waals surface area contributed by atoms with Crippen molar-refractivity contribution < 1.29 is 9.90 Å². The Labute approximate surface area is 180 Å². The minimum absolute atomic E-state index is 0.343. The molecular weight excluding hydrogens is 386 g/mol. The zero-order chi connectivity index (χ0) is 21.2. The Morgan fingerprint density at radius 3 is 2.58 bits per heavy atom. The second-order valence-corrected chi connectivity index (χ2v) is 7.72. The maximum atomic E-state index is 12.3. The van der Waals surface area contributed by atoms with E-state index in [1.54, 1.807) is 6.20 Å². The van der Waals surface area contributed by atoms with Gasteiger partial charge in [-0.1, -0.05) is 54.6 Å². The van der Waals surface area contributed by atoms with Crippen molar-refractivity contribution >= 4 is 28.5 Å². The molecule has 5 nitrogen and oxygen atoms in total. The molecule has 0 amide bonds. The van der Waals surface area contributed by atoms with Crippen LogP contribution in [0.15, 0.2) is 79.1 Å². The molecule has 4 aromatic rings. The first-order chi connectivity index (χ1) is 15.2. The Kier molecular flexibility index (Phi) is 5.02. The first-order valence-corrected chi connectivity index (χ1v) is 10.2. The van der Waals surface area contributed by atoms with Crippen LogP contribution in [0.1, 0.15) is 32.7 Å². The molecule has 0 saturated carbocycles. The molecule has 2 aromatic heterocycles. The second kappa shape index (κ2) is 8.13. The third-order valence-electron chi connectivity index (χ3n) is 5.56. The molecule has 0 atom stereocenters. The summed E-state index contributed by atoms with van der Waals surface area (Å²) in [4.78, 5) is 23.7. The number of para-hydroxylation sites is 1. The van der Waals surface area contributed by atoms with E-state index in [1.165, 1.54) is 5.56 Å². The molecule has 0 unspecified atom stereocenters. The minimum Gasteiger partial charge on any atom is -0.478 e. The fraction of sp³-hybridized carbons (Fsp3) is 0.115. The third kappa shape index (κ3) is 3.83. The van der Waals surface area contributed by atoms with Crippen molar-refractivity contribution in [2.24, 2.45) is 0 Å². The number of carboxylic acids is 1. The summed E-state index contributed by atoms with van der Waals surface area (Å²) in [5, 5.41) is 10.8. The Morgan fingerprint density at radius 1 is 1.00 bits per heavy atom. The van der Waals surface area contributed by atoms with Crippen LogP contribution in [0.4, 0.5) is 0 Å². The van der Waals surface area contributed by atoms with E-state index in [4.69, 9.17) is 4.98 Å². The summed E-state index contributed by atoms with van der Waals surface area (Å²) >= 11 is 0. The summed E-state index contributed by atoms with van der Waals surface area (Å²) in [6, 6.07) is 21.6. The Morgan fingerprint density at radius 2 is 1.81 bits per heavy atom. The molecule has 1 aliphatic rings. The van der Waals surface area contributed by atoms with Gasteiger partial charge in [0.15, 0.2) is 0 Å². The van der Waals surface area contributed by atoms with Crippen LogP contribution >= 0.6 is 0 Å². The number of hydrogen-bond acceptors (Lipinski definition) is 4. The van der Waals surface area contributed by atoms with Gasteiger partial charge in [0.2, 0.25) is 0 Å². The van der Waals surface area contributed by atoms with Gasteiger partial charge in [0, 0.05) is 43.0 Å². The van der Waals surface area contributed by atoms with E-state index in [9.17, 15) is 9.90 Å². The quantitative estimate of drug-likeness (QED) is 0.522. The first-order valence-electron chi connectivity index (χ1n) is 10.2. The molecule has 2 aromatic carbocycles. The van der Waals surface area contributed by atoms with Crippen LogP contribution in [-0.2, 0) is 13.1 Å². The highest BCUT2D eigenvalue weighted by atomic mass is 16.4. The van der Waals surface area contributed by atoms with Gasteiger partial charge in [0.05, 0.1) is 16.8 Å². The second-order valence-electron chi connectivity index (χ2n) is 7.72. The predicted molar refractivity (Wildman–Crippen MR) is 121 cm³/mol. The van der Waals surface area contributed by atoms with Gasteiger partial charge >= 0.3 is 5.97 Å². The van der Waals surface area contributed by atoms with E-state index in [0.717, 1.165) is 28.9 Å². The van der Waals surface area contributed by atoms with Crippen LogP contribution in [-0.4, -0.2) is 32.5 Å².